The van der Waals surface area contributed by atoms with Crippen LogP contribution in [0.25, 0.3) is 0 Å². The third-order valence-corrected chi connectivity index (χ3v) is 4.75. The Hall–Kier alpha value is -1.41. The first kappa shape index (κ1) is 14.5. The van der Waals surface area contributed by atoms with Crippen molar-refractivity contribution in [2.45, 2.75) is 38.0 Å². The third kappa shape index (κ3) is 3.26. The Morgan fingerprint density at radius 3 is 3.05 bits per heavy atom. The number of ether oxygens (including phenoxy) is 1. The van der Waals surface area contributed by atoms with Crippen LogP contribution in [-0.4, -0.2) is 41.9 Å². The van der Waals surface area contributed by atoms with Gasteiger partial charge in [0, 0.05) is 25.0 Å². The maximum atomic E-state index is 10.2. The summed E-state index contributed by atoms with van der Waals surface area (Å²) in [7, 11) is 0. The van der Waals surface area contributed by atoms with Gasteiger partial charge in [0.1, 0.15) is 0 Å². The Morgan fingerprint density at radius 1 is 1.38 bits per heavy atom. The second-order valence-electron chi connectivity index (χ2n) is 6.09. The first-order chi connectivity index (χ1) is 10.3. The molecule has 4 heteroatoms. The molecular formula is C17H22N2O2. The van der Waals surface area contributed by atoms with Crippen LogP contribution in [0, 0.1) is 17.2 Å². The third-order valence-electron chi connectivity index (χ3n) is 4.75. The molecule has 0 spiro atoms. The summed E-state index contributed by atoms with van der Waals surface area (Å²) >= 11 is 0. The zero-order valence-electron chi connectivity index (χ0n) is 12.2. The average molecular weight is 286 g/mol. The molecule has 3 rings (SSSR count). The number of aliphatic hydroxyl groups is 1. The number of morpholine rings is 1. The Morgan fingerprint density at radius 2 is 2.29 bits per heavy atom. The van der Waals surface area contributed by atoms with Gasteiger partial charge in [-0.3, -0.25) is 4.90 Å². The normalized spacial score (nSPS) is 30.2. The van der Waals surface area contributed by atoms with Gasteiger partial charge in [0.05, 0.1) is 31.0 Å². The Kier molecular flexibility index (Phi) is 4.54. The standard InChI is InChI=1S/C17H22N2O2/c18-10-13-3-1-4-14(9-13)11-19-7-8-21-12-16(19)15-5-2-6-17(15)20/h1,3-4,9,15-17,20H,2,5-8,11-12H2/t15-,16+,17+/m0/s1. The summed E-state index contributed by atoms with van der Waals surface area (Å²) in [6, 6.07) is 10.3. The summed E-state index contributed by atoms with van der Waals surface area (Å²) < 4.78 is 5.65. The van der Waals surface area contributed by atoms with Crippen molar-refractivity contribution in [2.75, 3.05) is 19.8 Å². The summed E-state index contributed by atoms with van der Waals surface area (Å²) in [5.74, 6) is 0.324. The van der Waals surface area contributed by atoms with Gasteiger partial charge in [0.25, 0.3) is 0 Å². The van der Waals surface area contributed by atoms with Crippen LogP contribution < -0.4 is 0 Å². The zero-order valence-corrected chi connectivity index (χ0v) is 12.2. The Bertz CT molecular complexity index is 526. The maximum absolute atomic E-state index is 10.2. The van der Waals surface area contributed by atoms with Crippen molar-refractivity contribution in [3.05, 3.63) is 35.4 Å². The van der Waals surface area contributed by atoms with E-state index in [1.807, 2.05) is 18.2 Å². The quantitative estimate of drug-likeness (QED) is 0.922. The fraction of sp³-hybridized carbons (Fsp3) is 0.588. The molecule has 0 radical (unpaired) electrons. The lowest BCUT2D eigenvalue weighted by Gasteiger charge is -2.40. The SMILES string of the molecule is N#Cc1cccc(CN2CCOC[C@@H]2[C@@H]2CCC[C@H]2O)c1. The predicted molar refractivity (Wildman–Crippen MR) is 79.5 cm³/mol. The van der Waals surface area contributed by atoms with Crippen molar-refractivity contribution in [3.8, 4) is 6.07 Å². The van der Waals surface area contributed by atoms with Gasteiger partial charge < -0.3 is 9.84 Å². The summed E-state index contributed by atoms with van der Waals surface area (Å²) in [6.45, 7) is 3.17. The molecule has 0 unspecified atom stereocenters. The second kappa shape index (κ2) is 6.57. The van der Waals surface area contributed by atoms with Gasteiger partial charge in [-0.25, -0.2) is 0 Å². The van der Waals surface area contributed by atoms with Crippen molar-refractivity contribution < 1.29 is 9.84 Å². The molecule has 1 aromatic rings. The van der Waals surface area contributed by atoms with Crippen LogP contribution in [0.3, 0.4) is 0 Å². The number of hydrogen-bond donors (Lipinski definition) is 1. The Labute approximate surface area is 125 Å². The molecule has 1 heterocycles. The van der Waals surface area contributed by atoms with E-state index < -0.39 is 0 Å². The van der Waals surface area contributed by atoms with E-state index in [2.05, 4.69) is 17.0 Å². The van der Waals surface area contributed by atoms with E-state index in [4.69, 9.17) is 10.00 Å². The molecule has 0 bridgehead atoms. The molecule has 2 aliphatic rings. The van der Waals surface area contributed by atoms with Crippen molar-refractivity contribution in [3.63, 3.8) is 0 Å². The van der Waals surface area contributed by atoms with Gasteiger partial charge in [-0.05, 0) is 30.5 Å². The highest BCUT2D eigenvalue weighted by Crippen LogP contribution is 2.32. The number of hydrogen-bond acceptors (Lipinski definition) is 4. The topological polar surface area (TPSA) is 56.5 Å². The largest absolute Gasteiger partial charge is 0.393 e. The fourth-order valence-corrected chi connectivity index (χ4v) is 3.64. The molecule has 2 fully saturated rings. The highest BCUT2D eigenvalue weighted by molar-refractivity contribution is 5.32. The summed E-state index contributed by atoms with van der Waals surface area (Å²) in [4.78, 5) is 2.42. The molecule has 1 N–H and O–H groups in total. The minimum Gasteiger partial charge on any atom is -0.393 e. The van der Waals surface area contributed by atoms with Crippen LogP contribution in [0.1, 0.15) is 30.4 Å². The van der Waals surface area contributed by atoms with E-state index in [-0.39, 0.29) is 6.10 Å². The first-order valence-corrected chi connectivity index (χ1v) is 7.77. The van der Waals surface area contributed by atoms with E-state index in [0.29, 0.717) is 24.1 Å². The smallest absolute Gasteiger partial charge is 0.0991 e. The van der Waals surface area contributed by atoms with E-state index in [9.17, 15) is 5.11 Å². The number of nitrogens with zero attached hydrogens (tertiary/aromatic N) is 2. The minimum atomic E-state index is -0.190. The lowest BCUT2D eigenvalue weighted by molar-refractivity contribution is -0.0536. The molecule has 0 aromatic heterocycles. The van der Waals surface area contributed by atoms with Crippen LogP contribution >= 0.6 is 0 Å². The number of benzene rings is 1. The van der Waals surface area contributed by atoms with Gasteiger partial charge in [0.15, 0.2) is 0 Å². The van der Waals surface area contributed by atoms with E-state index >= 15 is 0 Å². The van der Waals surface area contributed by atoms with E-state index in [1.165, 1.54) is 0 Å². The number of nitriles is 1. The van der Waals surface area contributed by atoms with Crippen molar-refractivity contribution in [2.24, 2.45) is 5.92 Å². The second-order valence-corrected chi connectivity index (χ2v) is 6.09. The molecule has 1 saturated heterocycles. The highest BCUT2D eigenvalue weighted by Gasteiger charge is 2.37. The van der Waals surface area contributed by atoms with Crippen molar-refractivity contribution in [1.29, 1.82) is 5.26 Å². The molecule has 1 aromatic carbocycles. The molecule has 112 valence electrons. The van der Waals surface area contributed by atoms with Crippen LogP contribution in [0.2, 0.25) is 0 Å². The zero-order chi connectivity index (χ0) is 14.7. The molecule has 1 aliphatic carbocycles. The van der Waals surface area contributed by atoms with E-state index in [1.54, 1.807) is 0 Å². The van der Waals surface area contributed by atoms with Crippen LogP contribution in [-0.2, 0) is 11.3 Å². The summed E-state index contributed by atoms with van der Waals surface area (Å²) in [5.41, 5.74) is 1.87. The van der Waals surface area contributed by atoms with Crippen LogP contribution in [0.4, 0.5) is 0 Å². The minimum absolute atomic E-state index is 0.190. The first-order valence-electron chi connectivity index (χ1n) is 7.77. The van der Waals surface area contributed by atoms with Gasteiger partial charge in [0.2, 0.25) is 0 Å². The molecule has 3 atom stereocenters. The Balaban J connectivity index is 1.73. The summed E-state index contributed by atoms with van der Waals surface area (Å²) in [6.07, 6.45) is 2.92. The van der Waals surface area contributed by atoms with Gasteiger partial charge in [-0.1, -0.05) is 18.6 Å². The predicted octanol–water partition coefficient (Wildman–Crippen LogP) is 1.92. The molecule has 1 saturated carbocycles. The van der Waals surface area contributed by atoms with Crippen LogP contribution in [0.5, 0.6) is 0 Å². The fourth-order valence-electron chi connectivity index (χ4n) is 3.64. The number of rotatable bonds is 3. The summed E-state index contributed by atoms with van der Waals surface area (Å²) in [5, 5.41) is 19.2. The van der Waals surface area contributed by atoms with Gasteiger partial charge >= 0.3 is 0 Å². The maximum Gasteiger partial charge on any atom is 0.0991 e. The molecule has 1 aliphatic heterocycles. The molecular weight excluding hydrogens is 264 g/mol. The monoisotopic (exact) mass is 286 g/mol. The highest BCUT2D eigenvalue weighted by atomic mass is 16.5. The average Bonchev–Trinajstić information content (AvgIpc) is 2.94. The van der Waals surface area contributed by atoms with Crippen molar-refractivity contribution >= 4 is 0 Å². The lowest BCUT2D eigenvalue weighted by atomic mass is 9.94. The lowest BCUT2D eigenvalue weighted by Crippen LogP contribution is -2.50. The van der Waals surface area contributed by atoms with E-state index in [0.717, 1.165) is 44.5 Å². The molecule has 21 heavy (non-hydrogen) atoms. The molecule has 0 amide bonds. The van der Waals surface area contributed by atoms with Gasteiger partial charge in [-0.15, -0.1) is 0 Å². The number of aliphatic hydroxyl groups excluding tert-OH is 1. The molecule has 4 nitrogen and oxygen atoms in total. The van der Waals surface area contributed by atoms with Gasteiger partial charge in [-0.2, -0.15) is 5.26 Å². The van der Waals surface area contributed by atoms with Crippen LogP contribution in [0.15, 0.2) is 24.3 Å². The van der Waals surface area contributed by atoms with Crippen molar-refractivity contribution in [1.82, 2.24) is 4.90 Å².